The van der Waals surface area contributed by atoms with E-state index in [4.69, 9.17) is 4.52 Å². The van der Waals surface area contributed by atoms with E-state index < -0.39 is 0 Å². The van der Waals surface area contributed by atoms with Gasteiger partial charge in [0.2, 0.25) is 0 Å². The third kappa shape index (κ3) is 2.44. The van der Waals surface area contributed by atoms with Gasteiger partial charge in [-0.3, -0.25) is 4.79 Å². The molecule has 0 unspecified atom stereocenters. The van der Waals surface area contributed by atoms with Crippen LogP contribution in [0.3, 0.4) is 0 Å². The average molecular weight is 363 g/mol. The lowest BCUT2D eigenvalue weighted by molar-refractivity contribution is 0.104. The summed E-state index contributed by atoms with van der Waals surface area (Å²) in [5.74, 6) is 0.623. The fraction of sp³-hybridized carbons (Fsp3) is 0.333. The monoisotopic (exact) mass is 363 g/mol. The second kappa shape index (κ2) is 6.39. The van der Waals surface area contributed by atoms with Gasteiger partial charge in [-0.1, -0.05) is 29.4 Å². The van der Waals surface area contributed by atoms with E-state index in [1.165, 1.54) is 6.42 Å². The van der Waals surface area contributed by atoms with Gasteiger partial charge in [0.15, 0.2) is 11.5 Å². The molecule has 3 aromatic rings. The first-order valence-electron chi connectivity index (χ1n) is 9.49. The second-order valence-corrected chi connectivity index (χ2v) is 7.13. The SMILES string of the molecule is O=C1c2ccccc2-c2onc3c(N4CCCCC4)cc(NCCO)c1c23. The zero-order chi connectivity index (χ0) is 18.4. The molecule has 5 rings (SSSR count). The fourth-order valence-electron chi connectivity index (χ4n) is 4.25. The number of rotatable bonds is 4. The highest BCUT2D eigenvalue weighted by molar-refractivity contribution is 6.28. The summed E-state index contributed by atoms with van der Waals surface area (Å²) < 4.78 is 5.76. The van der Waals surface area contributed by atoms with Gasteiger partial charge in [0.1, 0.15) is 5.52 Å². The molecule has 27 heavy (non-hydrogen) atoms. The molecule has 0 amide bonds. The van der Waals surface area contributed by atoms with Gasteiger partial charge in [-0.25, -0.2) is 0 Å². The van der Waals surface area contributed by atoms with Crippen molar-refractivity contribution in [2.45, 2.75) is 19.3 Å². The van der Waals surface area contributed by atoms with E-state index in [2.05, 4.69) is 15.4 Å². The Morgan fingerprint density at radius 3 is 2.70 bits per heavy atom. The summed E-state index contributed by atoms with van der Waals surface area (Å²) in [6.07, 6.45) is 3.54. The molecule has 0 spiro atoms. The number of benzene rings is 2. The largest absolute Gasteiger partial charge is 0.395 e. The summed E-state index contributed by atoms with van der Waals surface area (Å²) in [4.78, 5) is 15.6. The van der Waals surface area contributed by atoms with Crippen molar-refractivity contribution in [2.75, 3.05) is 36.5 Å². The number of anilines is 2. The molecule has 2 aromatic carbocycles. The molecular formula is C21H21N3O3. The van der Waals surface area contributed by atoms with E-state index in [0.29, 0.717) is 23.4 Å². The van der Waals surface area contributed by atoms with Crippen molar-refractivity contribution >= 4 is 28.1 Å². The zero-order valence-corrected chi connectivity index (χ0v) is 15.0. The number of nitrogens with one attached hydrogen (secondary N) is 1. The van der Waals surface area contributed by atoms with Crippen molar-refractivity contribution < 1.29 is 14.4 Å². The minimum absolute atomic E-state index is 0.00219. The van der Waals surface area contributed by atoms with Crippen LogP contribution in [0.15, 0.2) is 34.9 Å². The molecule has 1 aliphatic carbocycles. The normalized spacial score (nSPS) is 15.9. The Morgan fingerprint density at radius 1 is 1.15 bits per heavy atom. The second-order valence-electron chi connectivity index (χ2n) is 7.13. The highest BCUT2D eigenvalue weighted by atomic mass is 16.5. The Hall–Kier alpha value is -2.86. The maximum absolute atomic E-state index is 13.3. The van der Waals surface area contributed by atoms with Crippen LogP contribution in [0, 0.1) is 0 Å². The molecular weight excluding hydrogens is 342 g/mol. The molecule has 0 bridgehead atoms. The van der Waals surface area contributed by atoms with Crippen LogP contribution < -0.4 is 10.2 Å². The number of ketones is 1. The number of fused-ring (bicyclic) bond motifs is 2. The van der Waals surface area contributed by atoms with Gasteiger partial charge in [-0.05, 0) is 25.3 Å². The van der Waals surface area contributed by atoms with Crippen molar-refractivity contribution in [1.82, 2.24) is 5.16 Å². The zero-order valence-electron chi connectivity index (χ0n) is 15.0. The lowest BCUT2D eigenvalue weighted by Gasteiger charge is -2.30. The predicted molar refractivity (Wildman–Crippen MR) is 105 cm³/mol. The van der Waals surface area contributed by atoms with Crippen molar-refractivity contribution in [1.29, 1.82) is 0 Å². The van der Waals surface area contributed by atoms with Gasteiger partial charge in [0.25, 0.3) is 0 Å². The standard InChI is InChI=1S/C21H21N3O3/c25-11-8-22-15-12-16(24-9-4-1-5-10-24)19-18-17(15)20(26)13-6-2-3-7-14(13)21(18)27-23-19/h2-3,6-7,12,22,25H,1,4-5,8-11H2. The third-order valence-corrected chi connectivity index (χ3v) is 5.50. The van der Waals surface area contributed by atoms with Crippen molar-refractivity contribution in [3.05, 3.63) is 41.5 Å². The molecule has 1 saturated heterocycles. The number of hydrogen-bond acceptors (Lipinski definition) is 6. The van der Waals surface area contributed by atoms with E-state index >= 15 is 0 Å². The lowest BCUT2D eigenvalue weighted by Crippen LogP contribution is -2.30. The highest BCUT2D eigenvalue weighted by Gasteiger charge is 2.33. The average Bonchev–Trinajstić information content (AvgIpc) is 3.16. The Bertz CT molecular complexity index is 1030. The smallest absolute Gasteiger partial charge is 0.196 e. The first kappa shape index (κ1) is 16.3. The van der Waals surface area contributed by atoms with Gasteiger partial charge in [0, 0.05) is 36.4 Å². The van der Waals surface area contributed by atoms with E-state index in [-0.39, 0.29) is 12.4 Å². The van der Waals surface area contributed by atoms with Gasteiger partial charge < -0.3 is 19.8 Å². The lowest BCUT2D eigenvalue weighted by atomic mass is 9.86. The number of aliphatic hydroxyl groups is 1. The van der Waals surface area contributed by atoms with Crippen LogP contribution in [0.1, 0.15) is 35.2 Å². The molecule has 2 N–H and O–H groups in total. The Labute approximate surface area is 156 Å². The minimum atomic E-state index is -0.0306. The number of carbonyl (C=O) groups excluding carboxylic acids is 1. The molecule has 2 aliphatic rings. The van der Waals surface area contributed by atoms with Crippen LogP contribution in [-0.2, 0) is 0 Å². The van der Waals surface area contributed by atoms with Crippen LogP contribution in [0.2, 0.25) is 0 Å². The summed E-state index contributed by atoms with van der Waals surface area (Å²) in [6, 6.07) is 9.49. The number of piperidine rings is 1. The van der Waals surface area contributed by atoms with Gasteiger partial charge >= 0.3 is 0 Å². The van der Waals surface area contributed by atoms with Crippen molar-refractivity contribution in [3.8, 4) is 11.3 Å². The molecule has 1 aromatic heterocycles. The fourth-order valence-corrected chi connectivity index (χ4v) is 4.25. The minimum Gasteiger partial charge on any atom is -0.395 e. The number of carbonyl (C=O) groups is 1. The molecule has 2 heterocycles. The molecule has 0 radical (unpaired) electrons. The van der Waals surface area contributed by atoms with Crippen LogP contribution >= 0.6 is 0 Å². The number of hydrogen-bond donors (Lipinski definition) is 2. The van der Waals surface area contributed by atoms with Crippen molar-refractivity contribution in [2.24, 2.45) is 0 Å². The van der Waals surface area contributed by atoms with E-state index in [9.17, 15) is 9.90 Å². The number of aliphatic hydroxyl groups excluding tert-OH is 1. The maximum Gasteiger partial charge on any atom is 0.196 e. The van der Waals surface area contributed by atoms with Crippen LogP contribution in [-0.4, -0.2) is 42.3 Å². The first-order chi connectivity index (χ1) is 13.3. The summed E-state index contributed by atoms with van der Waals surface area (Å²) in [5, 5.41) is 17.7. The molecule has 6 nitrogen and oxygen atoms in total. The quantitative estimate of drug-likeness (QED) is 0.578. The molecule has 1 aliphatic heterocycles. The van der Waals surface area contributed by atoms with E-state index in [1.54, 1.807) is 0 Å². The first-order valence-corrected chi connectivity index (χ1v) is 9.49. The van der Waals surface area contributed by atoms with Crippen molar-refractivity contribution in [3.63, 3.8) is 0 Å². The van der Waals surface area contributed by atoms with Crippen LogP contribution in [0.4, 0.5) is 11.4 Å². The third-order valence-electron chi connectivity index (χ3n) is 5.50. The van der Waals surface area contributed by atoms with Gasteiger partial charge in [-0.15, -0.1) is 0 Å². The van der Waals surface area contributed by atoms with Crippen LogP contribution in [0.25, 0.3) is 22.2 Å². The van der Waals surface area contributed by atoms with E-state index in [1.807, 2.05) is 30.3 Å². The molecule has 0 atom stereocenters. The Morgan fingerprint density at radius 2 is 1.93 bits per heavy atom. The summed E-state index contributed by atoms with van der Waals surface area (Å²) >= 11 is 0. The predicted octanol–water partition coefficient (Wildman–Crippen LogP) is 3.43. The summed E-state index contributed by atoms with van der Waals surface area (Å²) in [7, 11) is 0. The van der Waals surface area contributed by atoms with E-state index in [0.717, 1.165) is 53.8 Å². The highest BCUT2D eigenvalue weighted by Crippen LogP contribution is 2.45. The Kier molecular flexibility index (Phi) is 3.86. The van der Waals surface area contributed by atoms with Gasteiger partial charge in [-0.2, -0.15) is 0 Å². The molecule has 1 fully saturated rings. The Balaban J connectivity index is 1.79. The number of aromatic nitrogens is 1. The molecule has 138 valence electrons. The summed E-state index contributed by atoms with van der Waals surface area (Å²) in [6.45, 7) is 2.33. The topological polar surface area (TPSA) is 78.6 Å². The molecule has 6 heteroatoms. The summed E-state index contributed by atoms with van der Waals surface area (Å²) in [5.41, 5.74) is 4.49. The molecule has 0 saturated carbocycles. The van der Waals surface area contributed by atoms with Crippen LogP contribution in [0.5, 0.6) is 0 Å². The number of nitrogens with zero attached hydrogens (tertiary/aromatic N) is 2. The van der Waals surface area contributed by atoms with Gasteiger partial charge in [0.05, 0.1) is 23.2 Å². The maximum atomic E-state index is 13.3.